The molecule has 0 aliphatic carbocycles. The fourth-order valence-corrected chi connectivity index (χ4v) is 1.05. The molecule has 0 aromatic carbocycles. The number of likely N-dealkylation sites (N-methyl/N-ethyl adjacent to an activating group) is 1. The lowest BCUT2D eigenvalue weighted by Crippen LogP contribution is -2.41. The van der Waals surface area contributed by atoms with Gasteiger partial charge >= 0.3 is 12.0 Å². The zero-order chi connectivity index (χ0) is 12.7. The SMILES string of the molecule is CC(O)CN(C)C(=O)NCC[C@H](O)C(=O)O. The topological polar surface area (TPSA) is 110 Å². The van der Waals surface area contributed by atoms with Crippen LogP contribution in [0.25, 0.3) is 0 Å². The Morgan fingerprint density at radius 2 is 1.94 bits per heavy atom. The Bertz CT molecular complexity index is 244. The molecule has 2 amide bonds. The van der Waals surface area contributed by atoms with Crippen molar-refractivity contribution in [2.24, 2.45) is 0 Å². The van der Waals surface area contributed by atoms with Gasteiger partial charge in [0.15, 0.2) is 6.10 Å². The summed E-state index contributed by atoms with van der Waals surface area (Å²) in [6.45, 7) is 1.81. The molecule has 0 aromatic rings. The van der Waals surface area contributed by atoms with Gasteiger partial charge in [0.2, 0.25) is 0 Å². The molecule has 2 atom stereocenters. The van der Waals surface area contributed by atoms with Crippen LogP contribution < -0.4 is 5.32 Å². The number of amides is 2. The first-order valence-electron chi connectivity index (χ1n) is 4.92. The Kier molecular flexibility index (Phi) is 6.43. The summed E-state index contributed by atoms with van der Waals surface area (Å²) in [5.41, 5.74) is 0. The average molecular weight is 234 g/mol. The second-order valence-electron chi connectivity index (χ2n) is 3.60. The lowest BCUT2D eigenvalue weighted by molar-refractivity contribution is -0.146. The second-order valence-corrected chi connectivity index (χ2v) is 3.60. The van der Waals surface area contributed by atoms with Crippen molar-refractivity contribution in [1.29, 1.82) is 0 Å². The Morgan fingerprint density at radius 3 is 2.38 bits per heavy atom. The highest BCUT2D eigenvalue weighted by molar-refractivity contribution is 5.74. The van der Waals surface area contributed by atoms with Crippen LogP contribution in [0.3, 0.4) is 0 Å². The first kappa shape index (κ1) is 14.7. The van der Waals surface area contributed by atoms with E-state index in [2.05, 4.69) is 5.32 Å². The molecule has 0 heterocycles. The molecule has 0 spiro atoms. The highest BCUT2D eigenvalue weighted by Crippen LogP contribution is 1.92. The molecule has 0 bridgehead atoms. The Balaban J connectivity index is 3.77. The monoisotopic (exact) mass is 234 g/mol. The molecular formula is C9H18N2O5. The van der Waals surface area contributed by atoms with Gasteiger partial charge in [0.05, 0.1) is 6.10 Å². The number of aliphatic carboxylic acids is 1. The number of carbonyl (C=O) groups excluding carboxylic acids is 1. The summed E-state index contributed by atoms with van der Waals surface area (Å²) in [5.74, 6) is -1.31. The molecule has 0 aliphatic rings. The Labute approximate surface area is 93.7 Å². The maximum Gasteiger partial charge on any atom is 0.332 e. The van der Waals surface area contributed by atoms with Crippen molar-refractivity contribution in [2.45, 2.75) is 25.6 Å². The minimum atomic E-state index is -1.47. The van der Waals surface area contributed by atoms with E-state index in [9.17, 15) is 9.59 Å². The average Bonchev–Trinajstić information content (AvgIpc) is 2.15. The van der Waals surface area contributed by atoms with Gasteiger partial charge in [-0.2, -0.15) is 0 Å². The molecule has 1 unspecified atom stereocenters. The molecule has 94 valence electrons. The molecule has 0 rings (SSSR count). The molecule has 0 aromatic heterocycles. The summed E-state index contributed by atoms with van der Waals surface area (Å²) in [6, 6.07) is -0.418. The number of carbonyl (C=O) groups is 2. The van der Waals surface area contributed by atoms with E-state index in [4.69, 9.17) is 15.3 Å². The van der Waals surface area contributed by atoms with Crippen molar-refractivity contribution >= 4 is 12.0 Å². The van der Waals surface area contributed by atoms with E-state index in [-0.39, 0.29) is 19.5 Å². The third-order valence-corrected chi connectivity index (χ3v) is 1.86. The Morgan fingerprint density at radius 1 is 1.38 bits per heavy atom. The molecule has 0 aliphatic heterocycles. The number of nitrogens with zero attached hydrogens (tertiary/aromatic N) is 1. The first-order chi connectivity index (χ1) is 7.34. The molecule has 7 heteroatoms. The van der Waals surface area contributed by atoms with Crippen molar-refractivity contribution in [3.63, 3.8) is 0 Å². The predicted octanol–water partition coefficient (Wildman–Crippen LogP) is -1.16. The van der Waals surface area contributed by atoms with E-state index in [1.54, 1.807) is 6.92 Å². The fraction of sp³-hybridized carbons (Fsp3) is 0.778. The predicted molar refractivity (Wildman–Crippen MR) is 56.0 cm³/mol. The van der Waals surface area contributed by atoms with Crippen LogP contribution in [-0.4, -0.2) is 64.6 Å². The van der Waals surface area contributed by atoms with Gasteiger partial charge < -0.3 is 25.5 Å². The quantitative estimate of drug-likeness (QED) is 0.463. The summed E-state index contributed by atoms with van der Waals surface area (Å²) in [4.78, 5) is 22.8. The maximum absolute atomic E-state index is 11.3. The van der Waals surface area contributed by atoms with Gasteiger partial charge in [0, 0.05) is 26.6 Å². The van der Waals surface area contributed by atoms with Crippen LogP contribution in [0.2, 0.25) is 0 Å². The first-order valence-corrected chi connectivity index (χ1v) is 4.92. The van der Waals surface area contributed by atoms with Crippen LogP contribution in [0.4, 0.5) is 4.79 Å². The van der Waals surface area contributed by atoms with Gasteiger partial charge in [-0.25, -0.2) is 9.59 Å². The minimum absolute atomic E-state index is 0.0520. The van der Waals surface area contributed by atoms with Crippen molar-refractivity contribution < 1.29 is 24.9 Å². The van der Waals surface area contributed by atoms with E-state index >= 15 is 0 Å². The third kappa shape index (κ3) is 6.20. The van der Waals surface area contributed by atoms with Crippen LogP contribution in [0.15, 0.2) is 0 Å². The van der Waals surface area contributed by atoms with Crippen molar-refractivity contribution in [3.8, 4) is 0 Å². The van der Waals surface area contributed by atoms with Crippen molar-refractivity contribution in [3.05, 3.63) is 0 Å². The number of carboxylic acid groups (broad SMARTS) is 1. The van der Waals surface area contributed by atoms with E-state index in [1.807, 2.05) is 0 Å². The second kappa shape index (κ2) is 7.02. The number of aliphatic hydroxyl groups is 2. The highest BCUT2D eigenvalue weighted by atomic mass is 16.4. The van der Waals surface area contributed by atoms with Crippen molar-refractivity contribution in [1.82, 2.24) is 10.2 Å². The van der Waals surface area contributed by atoms with Gasteiger partial charge in [-0.05, 0) is 6.92 Å². The number of rotatable bonds is 6. The number of urea groups is 1. The lowest BCUT2D eigenvalue weighted by atomic mass is 10.2. The van der Waals surface area contributed by atoms with E-state index in [0.29, 0.717) is 0 Å². The molecule has 0 fully saturated rings. The lowest BCUT2D eigenvalue weighted by Gasteiger charge is -2.19. The van der Waals surface area contributed by atoms with Gasteiger partial charge in [-0.15, -0.1) is 0 Å². The maximum atomic E-state index is 11.3. The zero-order valence-corrected chi connectivity index (χ0v) is 9.38. The van der Waals surface area contributed by atoms with E-state index in [0.717, 1.165) is 0 Å². The summed E-state index contributed by atoms with van der Waals surface area (Å²) in [5, 5.41) is 28.7. The summed E-state index contributed by atoms with van der Waals surface area (Å²) in [6.07, 6.45) is -2.15. The zero-order valence-electron chi connectivity index (χ0n) is 9.38. The molecule has 4 N–H and O–H groups in total. The van der Waals surface area contributed by atoms with Crippen molar-refractivity contribution in [2.75, 3.05) is 20.1 Å². The standard InChI is InChI=1S/C9H18N2O5/c1-6(12)5-11(2)9(16)10-4-3-7(13)8(14)15/h6-7,12-13H,3-5H2,1-2H3,(H,10,16)(H,14,15)/t6?,7-/m0/s1. The number of carboxylic acids is 1. The number of nitrogens with one attached hydrogen (secondary N) is 1. The molecule has 7 nitrogen and oxygen atoms in total. The largest absolute Gasteiger partial charge is 0.479 e. The van der Waals surface area contributed by atoms with E-state index < -0.39 is 24.2 Å². The van der Waals surface area contributed by atoms with Crippen LogP contribution in [-0.2, 0) is 4.79 Å². The summed E-state index contributed by atoms with van der Waals surface area (Å²) < 4.78 is 0. The smallest absolute Gasteiger partial charge is 0.332 e. The molecule has 0 saturated carbocycles. The number of hydrogen-bond acceptors (Lipinski definition) is 4. The minimum Gasteiger partial charge on any atom is -0.479 e. The van der Waals surface area contributed by atoms with Gasteiger partial charge in [-0.1, -0.05) is 0 Å². The van der Waals surface area contributed by atoms with Crippen LogP contribution >= 0.6 is 0 Å². The number of hydrogen-bond donors (Lipinski definition) is 4. The molecule has 0 radical (unpaired) electrons. The summed E-state index contributed by atoms with van der Waals surface area (Å²) >= 11 is 0. The molecule has 16 heavy (non-hydrogen) atoms. The molecule has 0 saturated heterocycles. The van der Waals surface area contributed by atoms with Gasteiger partial charge in [-0.3, -0.25) is 0 Å². The van der Waals surface area contributed by atoms with Gasteiger partial charge in [0.1, 0.15) is 0 Å². The highest BCUT2D eigenvalue weighted by Gasteiger charge is 2.14. The van der Waals surface area contributed by atoms with Crippen LogP contribution in [0.1, 0.15) is 13.3 Å². The summed E-state index contributed by atoms with van der Waals surface area (Å²) in [7, 11) is 1.51. The van der Waals surface area contributed by atoms with Crippen LogP contribution in [0, 0.1) is 0 Å². The normalized spacial score (nSPS) is 14.0. The van der Waals surface area contributed by atoms with Crippen LogP contribution in [0.5, 0.6) is 0 Å². The fourth-order valence-electron chi connectivity index (χ4n) is 1.05. The van der Waals surface area contributed by atoms with E-state index in [1.165, 1.54) is 11.9 Å². The Hall–Kier alpha value is -1.34. The molecular weight excluding hydrogens is 216 g/mol. The third-order valence-electron chi connectivity index (χ3n) is 1.86. The van der Waals surface area contributed by atoms with Gasteiger partial charge in [0.25, 0.3) is 0 Å². The number of aliphatic hydroxyl groups excluding tert-OH is 2.